The third-order valence-electron chi connectivity index (χ3n) is 9.95. The first-order valence-electron chi connectivity index (χ1n) is 18.1. The molecule has 0 unspecified atom stereocenters. The van der Waals surface area contributed by atoms with Gasteiger partial charge in [0, 0.05) is 18.9 Å². The van der Waals surface area contributed by atoms with Crippen molar-refractivity contribution in [2.24, 2.45) is 0 Å². The quantitative estimate of drug-likeness (QED) is 0.114. The van der Waals surface area contributed by atoms with E-state index in [1.807, 2.05) is 48.5 Å². The highest BCUT2D eigenvalue weighted by Crippen LogP contribution is 2.45. The molecule has 0 saturated carbocycles. The topological polar surface area (TPSA) is 140 Å². The molecule has 292 valence electrons. The number of esters is 2. The van der Waals surface area contributed by atoms with E-state index in [4.69, 9.17) is 14.2 Å². The zero-order valence-corrected chi connectivity index (χ0v) is 30.3. The summed E-state index contributed by atoms with van der Waals surface area (Å²) in [5.41, 5.74) is 1.79. The minimum absolute atomic E-state index is 0.0759. The number of benzene rings is 4. The normalized spacial score (nSPS) is 16.6. The minimum atomic E-state index is -5.29. The van der Waals surface area contributed by atoms with Crippen molar-refractivity contribution in [1.29, 1.82) is 0 Å². The smallest absolute Gasteiger partial charge is 0.420 e. The predicted molar refractivity (Wildman–Crippen MR) is 196 cm³/mol. The highest BCUT2D eigenvalue weighted by molar-refractivity contribution is 5.96. The van der Waals surface area contributed by atoms with Gasteiger partial charge in [-0.05, 0) is 52.6 Å². The Kier molecular flexibility index (Phi) is 12.4. The van der Waals surface area contributed by atoms with E-state index in [2.05, 4.69) is 10.6 Å². The molecular formula is C42H40F3N3O8. The summed E-state index contributed by atoms with van der Waals surface area (Å²) in [6, 6.07) is 30.8. The van der Waals surface area contributed by atoms with Crippen molar-refractivity contribution in [2.75, 3.05) is 19.7 Å². The van der Waals surface area contributed by atoms with Crippen LogP contribution in [0.25, 0.3) is 11.1 Å². The van der Waals surface area contributed by atoms with Gasteiger partial charge in [-0.2, -0.15) is 13.2 Å². The highest BCUT2D eigenvalue weighted by atomic mass is 19.4. The molecule has 14 heteroatoms. The summed E-state index contributed by atoms with van der Waals surface area (Å²) in [6.07, 6.45) is -8.20. The number of alkyl halides is 3. The summed E-state index contributed by atoms with van der Waals surface area (Å²) in [5, 5.41) is 4.37. The Hall–Kier alpha value is -6.18. The van der Waals surface area contributed by atoms with E-state index in [1.54, 1.807) is 60.7 Å². The fourth-order valence-electron chi connectivity index (χ4n) is 7.14. The second-order valence-corrected chi connectivity index (χ2v) is 13.5. The fraction of sp³-hybridized carbons (Fsp3) is 0.310. The fourth-order valence-corrected chi connectivity index (χ4v) is 7.14. The van der Waals surface area contributed by atoms with Crippen LogP contribution in [-0.2, 0) is 46.6 Å². The van der Waals surface area contributed by atoms with Crippen LogP contribution in [0.1, 0.15) is 53.9 Å². The lowest BCUT2D eigenvalue weighted by molar-refractivity contribution is -0.222. The molecule has 2 N–H and O–H groups in total. The molecule has 1 aliphatic heterocycles. The van der Waals surface area contributed by atoms with Crippen molar-refractivity contribution in [1.82, 2.24) is 15.5 Å². The largest absolute Gasteiger partial charge is 0.461 e. The molecule has 1 aliphatic carbocycles. The molecular weight excluding hydrogens is 731 g/mol. The number of fused-ring (bicyclic) bond motifs is 3. The lowest BCUT2D eigenvalue weighted by Crippen LogP contribution is -2.67. The lowest BCUT2D eigenvalue weighted by atomic mass is 9.92. The second kappa shape index (κ2) is 17.5. The van der Waals surface area contributed by atoms with Gasteiger partial charge in [0.2, 0.25) is 11.4 Å². The number of carbonyl (C=O) groups excluding carboxylic acids is 5. The SMILES string of the molecule is O=C(CC[C@@H](NC(=O)[C@@]1(C(F)(F)F)CCCN1C(=O)CNC(=O)OCC1c2ccccc2-c2ccccc21)C(=O)OCc1ccccc1)OCc1ccccc1. The van der Waals surface area contributed by atoms with E-state index in [0.29, 0.717) is 16.0 Å². The summed E-state index contributed by atoms with van der Waals surface area (Å²) in [7, 11) is 0. The van der Waals surface area contributed by atoms with E-state index in [0.717, 1.165) is 22.3 Å². The van der Waals surface area contributed by atoms with Crippen LogP contribution in [0, 0.1) is 0 Å². The molecule has 11 nitrogen and oxygen atoms in total. The molecule has 2 aliphatic rings. The second-order valence-electron chi connectivity index (χ2n) is 13.5. The van der Waals surface area contributed by atoms with E-state index < -0.39 is 80.0 Å². The van der Waals surface area contributed by atoms with Gasteiger partial charge in [0.1, 0.15) is 32.4 Å². The van der Waals surface area contributed by atoms with Crippen LogP contribution in [-0.4, -0.2) is 72.2 Å². The zero-order valence-electron chi connectivity index (χ0n) is 30.3. The molecule has 4 aromatic carbocycles. The number of nitrogens with one attached hydrogen (secondary N) is 2. The molecule has 1 heterocycles. The molecule has 0 radical (unpaired) electrons. The average molecular weight is 772 g/mol. The minimum Gasteiger partial charge on any atom is -0.461 e. The van der Waals surface area contributed by atoms with E-state index in [-0.39, 0.29) is 32.2 Å². The molecule has 0 spiro atoms. The standard InChI is InChI=1S/C42H40F3N3O8/c43-42(44,45)41(39(52)47-35(38(51)55-26-29-14-5-2-6-15-29)20-21-37(50)54-25-28-12-3-1-4-13-28)22-11-23-48(41)36(49)24-46-40(53)56-27-34-32-18-9-7-16-30(32)31-17-8-10-19-33(31)34/h1-10,12-19,34-35H,11,20-27H2,(H,46,53)(H,47,52)/t35-,41-/m1/s1. The van der Waals surface area contributed by atoms with Gasteiger partial charge in [-0.15, -0.1) is 0 Å². The maximum Gasteiger partial charge on any atom is 0.420 e. The Balaban J connectivity index is 1.11. The van der Waals surface area contributed by atoms with Crippen LogP contribution < -0.4 is 10.6 Å². The average Bonchev–Trinajstić information content (AvgIpc) is 3.81. The van der Waals surface area contributed by atoms with Gasteiger partial charge in [0.25, 0.3) is 5.91 Å². The Bertz CT molecular complexity index is 2000. The van der Waals surface area contributed by atoms with Crippen LogP contribution >= 0.6 is 0 Å². The third-order valence-corrected chi connectivity index (χ3v) is 9.95. The Morgan fingerprint density at radius 1 is 0.750 bits per heavy atom. The highest BCUT2D eigenvalue weighted by Gasteiger charge is 2.67. The molecule has 1 fully saturated rings. The Morgan fingerprint density at radius 3 is 1.89 bits per heavy atom. The maximum absolute atomic E-state index is 15.1. The number of carbonyl (C=O) groups is 5. The van der Waals surface area contributed by atoms with E-state index >= 15 is 13.2 Å². The number of likely N-dealkylation sites (tertiary alicyclic amines) is 1. The molecule has 3 amide bonds. The molecule has 1 saturated heterocycles. The summed E-state index contributed by atoms with van der Waals surface area (Å²) >= 11 is 0. The van der Waals surface area contributed by atoms with Crippen LogP contribution in [0.3, 0.4) is 0 Å². The number of hydrogen-bond acceptors (Lipinski definition) is 8. The van der Waals surface area contributed by atoms with Crippen LogP contribution in [0.5, 0.6) is 0 Å². The first-order valence-corrected chi connectivity index (χ1v) is 18.1. The molecule has 2 atom stereocenters. The molecule has 4 aromatic rings. The number of hydrogen-bond donors (Lipinski definition) is 2. The van der Waals surface area contributed by atoms with Gasteiger partial charge >= 0.3 is 24.2 Å². The number of rotatable bonds is 14. The zero-order chi connectivity index (χ0) is 39.7. The molecule has 0 aromatic heterocycles. The first kappa shape index (κ1) is 39.5. The van der Waals surface area contributed by atoms with Crippen LogP contribution in [0.15, 0.2) is 109 Å². The van der Waals surface area contributed by atoms with Crippen molar-refractivity contribution < 1.29 is 51.4 Å². The van der Waals surface area contributed by atoms with Gasteiger partial charge in [-0.3, -0.25) is 14.4 Å². The lowest BCUT2D eigenvalue weighted by Gasteiger charge is -2.39. The number of amides is 3. The number of alkyl carbamates (subject to hydrolysis) is 1. The molecule has 56 heavy (non-hydrogen) atoms. The van der Waals surface area contributed by atoms with Gasteiger partial charge in [0.15, 0.2) is 0 Å². The van der Waals surface area contributed by atoms with E-state index in [9.17, 15) is 24.0 Å². The molecule has 0 bridgehead atoms. The summed E-state index contributed by atoms with van der Waals surface area (Å²) < 4.78 is 61.2. The van der Waals surface area contributed by atoms with Crippen molar-refractivity contribution in [3.8, 4) is 11.1 Å². The summed E-state index contributed by atoms with van der Waals surface area (Å²) in [4.78, 5) is 66.3. The number of ether oxygens (including phenoxy) is 3. The first-order chi connectivity index (χ1) is 27.0. The van der Waals surface area contributed by atoms with Gasteiger partial charge < -0.3 is 29.7 Å². The van der Waals surface area contributed by atoms with Crippen molar-refractivity contribution >= 4 is 29.8 Å². The maximum atomic E-state index is 15.1. The summed E-state index contributed by atoms with van der Waals surface area (Å²) in [5.74, 6) is -4.98. The van der Waals surface area contributed by atoms with Crippen molar-refractivity contribution in [3.63, 3.8) is 0 Å². The Labute approximate surface area is 321 Å². The van der Waals surface area contributed by atoms with Gasteiger partial charge in [0.05, 0.1) is 0 Å². The van der Waals surface area contributed by atoms with Crippen molar-refractivity contribution in [3.05, 3.63) is 131 Å². The monoisotopic (exact) mass is 771 g/mol. The Morgan fingerprint density at radius 2 is 1.30 bits per heavy atom. The van der Waals surface area contributed by atoms with Gasteiger partial charge in [-0.25, -0.2) is 9.59 Å². The number of nitrogens with zero attached hydrogens (tertiary/aromatic N) is 1. The van der Waals surface area contributed by atoms with Crippen molar-refractivity contribution in [2.45, 2.75) is 62.6 Å². The van der Waals surface area contributed by atoms with Crippen LogP contribution in [0.2, 0.25) is 0 Å². The van der Waals surface area contributed by atoms with Gasteiger partial charge in [-0.1, -0.05) is 109 Å². The molecule has 6 rings (SSSR count). The third kappa shape index (κ3) is 8.85. The van der Waals surface area contributed by atoms with Crippen LogP contribution in [0.4, 0.5) is 18.0 Å². The summed E-state index contributed by atoms with van der Waals surface area (Å²) in [6.45, 7) is -1.76. The van der Waals surface area contributed by atoms with E-state index in [1.165, 1.54) is 0 Å². The predicted octanol–water partition coefficient (Wildman–Crippen LogP) is 6.20. The number of halogens is 3.